The highest BCUT2D eigenvalue weighted by Crippen LogP contribution is 2.21. The standard InChI is InChI=1S/C10H12BrNO2/c1-7-5-8(3-4-9(7)11)12(2)6-10(13)14/h3-5H,6H2,1-2H3,(H,13,14). The van der Waals surface area contributed by atoms with Gasteiger partial charge in [0.25, 0.3) is 0 Å². The molecule has 0 aliphatic rings. The van der Waals surface area contributed by atoms with Crippen molar-refractivity contribution < 1.29 is 9.90 Å². The van der Waals surface area contributed by atoms with Crippen molar-refractivity contribution in [2.24, 2.45) is 0 Å². The Labute approximate surface area is 91.5 Å². The molecule has 0 aromatic heterocycles. The predicted molar refractivity (Wildman–Crippen MR) is 59.8 cm³/mol. The molecule has 1 N–H and O–H groups in total. The first-order chi connectivity index (χ1) is 6.50. The van der Waals surface area contributed by atoms with Crippen LogP contribution in [0.25, 0.3) is 0 Å². The zero-order valence-corrected chi connectivity index (χ0v) is 9.71. The highest BCUT2D eigenvalue weighted by Gasteiger charge is 2.06. The van der Waals surface area contributed by atoms with E-state index in [9.17, 15) is 4.79 Å². The molecule has 0 atom stereocenters. The summed E-state index contributed by atoms with van der Waals surface area (Å²) in [5, 5.41) is 8.62. The van der Waals surface area contributed by atoms with Gasteiger partial charge in [-0.2, -0.15) is 0 Å². The molecule has 0 fully saturated rings. The van der Waals surface area contributed by atoms with Gasteiger partial charge in [0.15, 0.2) is 0 Å². The third kappa shape index (κ3) is 2.73. The van der Waals surface area contributed by atoms with Crippen molar-refractivity contribution in [3.63, 3.8) is 0 Å². The number of halogens is 1. The number of aliphatic carboxylic acids is 1. The zero-order chi connectivity index (χ0) is 10.7. The quantitative estimate of drug-likeness (QED) is 0.904. The molecular weight excluding hydrogens is 246 g/mol. The van der Waals surface area contributed by atoms with Crippen molar-refractivity contribution in [2.45, 2.75) is 6.92 Å². The number of benzene rings is 1. The summed E-state index contributed by atoms with van der Waals surface area (Å²) in [4.78, 5) is 12.2. The Morgan fingerprint density at radius 2 is 2.21 bits per heavy atom. The second-order valence-electron chi connectivity index (χ2n) is 3.18. The van der Waals surface area contributed by atoms with E-state index in [0.29, 0.717) is 0 Å². The molecule has 0 aliphatic heterocycles. The lowest BCUT2D eigenvalue weighted by molar-refractivity contribution is -0.135. The van der Waals surface area contributed by atoms with E-state index >= 15 is 0 Å². The van der Waals surface area contributed by atoms with Gasteiger partial charge in [0, 0.05) is 17.2 Å². The topological polar surface area (TPSA) is 40.5 Å². The maximum absolute atomic E-state index is 10.5. The molecule has 0 unspecified atom stereocenters. The molecule has 14 heavy (non-hydrogen) atoms. The fourth-order valence-corrected chi connectivity index (χ4v) is 1.41. The van der Waals surface area contributed by atoms with E-state index in [1.54, 1.807) is 11.9 Å². The molecule has 0 saturated heterocycles. The smallest absolute Gasteiger partial charge is 0.323 e. The van der Waals surface area contributed by atoms with Crippen LogP contribution in [-0.4, -0.2) is 24.7 Å². The number of carboxylic acids is 1. The number of rotatable bonds is 3. The average Bonchev–Trinajstić information content (AvgIpc) is 2.08. The molecule has 76 valence electrons. The molecule has 0 radical (unpaired) electrons. The normalized spacial score (nSPS) is 9.93. The van der Waals surface area contributed by atoms with Gasteiger partial charge in [0.1, 0.15) is 6.54 Å². The highest BCUT2D eigenvalue weighted by atomic mass is 79.9. The van der Waals surface area contributed by atoms with Crippen LogP contribution in [0.5, 0.6) is 0 Å². The number of carbonyl (C=O) groups is 1. The third-order valence-corrected chi connectivity index (χ3v) is 2.84. The number of nitrogens with zero attached hydrogens (tertiary/aromatic N) is 1. The highest BCUT2D eigenvalue weighted by molar-refractivity contribution is 9.10. The van der Waals surface area contributed by atoms with E-state index in [-0.39, 0.29) is 6.54 Å². The van der Waals surface area contributed by atoms with Gasteiger partial charge in [-0.25, -0.2) is 0 Å². The first-order valence-corrected chi connectivity index (χ1v) is 4.99. The van der Waals surface area contributed by atoms with E-state index in [1.807, 2.05) is 25.1 Å². The molecule has 0 aliphatic carbocycles. The van der Waals surface area contributed by atoms with Crippen molar-refractivity contribution in [1.82, 2.24) is 0 Å². The Bertz CT molecular complexity index is 352. The first-order valence-electron chi connectivity index (χ1n) is 4.20. The molecule has 0 spiro atoms. The summed E-state index contributed by atoms with van der Waals surface area (Å²) in [7, 11) is 1.76. The molecule has 0 bridgehead atoms. The van der Waals surface area contributed by atoms with Crippen LogP contribution in [-0.2, 0) is 4.79 Å². The molecule has 4 heteroatoms. The second-order valence-corrected chi connectivity index (χ2v) is 4.04. The van der Waals surface area contributed by atoms with Gasteiger partial charge >= 0.3 is 5.97 Å². The lowest BCUT2D eigenvalue weighted by Gasteiger charge is -2.17. The molecule has 1 rings (SSSR count). The molecule has 0 saturated carbocycles. The maximum Gasteiger partial charge on any atom is 0.323 e. The van der Waals surface area contributed by atoms with Gasteiger partial charge in [0.05, 0.1) is 0 Å². The zero-order valence-electron chi connectivity index (χ0n) is 8.12. The van der Waals surface area contributed by atoms with Crippen molar-refractivity contribution in [3.8, 4) is 0 Å². The van der Waals surface area contributed by atoms with Gasteiger partial charge in [-0.1, -0.05) is 15.9 Å². The van der Waals surface area contributed by atoms with Crippen LogP contribution in [0.15, 0.2) is 22.7 Å². The number of hydrogen-bond acceptors (Lipinski definition) is 2. The molecule has 1 aromatic rings. The Balaban J connectivity index is 2.85. The number of aryl methyl sites for hydroxylation is 1. The van der Waals surface area contributed by atoms with E-state index in [0.717, 1.165) is 15.7 Å². The van der Waals surface area contributed by atoms with Crippen LogP contribution in [0.1, 0.15) is 5.56 Å². The average molecular weight is 258 g/mol. The van der Waals surface area contributed by atoms with Crippen molar-refractivity contribution in [3.05, 3.63) is 28.2 Å². The van der Waals surface area contributed by atoms with Gasteiger partial charge in [-0.05, 0) is 30.7 Å². The Morgan fingerprint density at radius 3 is 2.71 bits per heavy atom. The molecule has 3 nitrogen and oxygen atoms in total. The van der Waals surface area contributed by atoms with Gasteiger partial charge < -0.3 is 10.0 Å². The summed E-state index contributed by atoms with van der Waals surface area (Å²) in [5.41, 5.74) is 2.01. The minimum Gasteiger partial charge on any atom is -0.480 e. The summed E-state index contributed by atoms with van der Waals surface area (Å²) in [6, 6.07) is 5.76. The lowest BCUT2D eigenvalue weighted by atomic mass is 10.2. The van der Waals surface area contributed by atoms with Crippen molar-refractivity contribution >= 4 is 27.6 Å². The fraction of sp³-hybridized carbons (Fsp3) is 0.300. The summed E-state index contributed by atoms with van der Waals surface area (Å²) >= 11 is 3.39. The van der Waals surface area contributed by atoms with E-state index in [1.165, 1.54) is 0 Å². The van der Waals surface area contributed by atoms with E-state index in [2.05, 4.69) is 15.9 Å². The third-order valence-electron chi connectivity index (χ3n) is 1.95. The Morgan fingerprint density at radius 1 is 1.57 bits per heavy atom. The summed E-state index contributed by atoms with van der Waals surface area (Å²) in [5.74, 6) is -0.826. The minimum atomic E-state index is -0.826. The van der Waals surface area contributed by atoms with Crippen LogP contribution in [0.3, 0.4) is 0 Å². The van der Waals surface area contributed by atoms with Crippen LogP contribution < -0.4 is 4.90 Å². The van der Waals surface area contributed by atoms with Crippen molar-refractivity contribution in [2.75, 3.05) is 18.5 Å². The summed E-state index contributed by atoms with van der Waals surface area (Å²) in [6.45, 7) is 1.99. The van der Waals surface area contributed by atoms with Crippen LogP contribution in [0, 0.1) is 6.92 Å². The number of likely N-dealkylation sites (N-methyl/N-ethyl adjacent to an activating group) is 1. The van der Waals surface area contributed by atoms with Gasteiger partial charge in [0.2, 0.25) is 0 Å². The minimum absolute atomic E-state index is 0.0150. The molecule has 0 heterocycles. The number of carboxylic acid groups (broad SMARTS) is 1. The van der Waals surface area contributed by atoms with Crippen LogP contribution in [0.4, 0.5) is 5.69 Å². The number of hydrogen-bond donors (Lipinski definition) is 1. The molecular formula is C10H12BrNO2. The van der Waals surface area contributed by atoms with E-state index < -0.39 is 5.97 Å². The predicted octanol–water partition coefficient (Wildman–Crippen LogP) is 2.28. The Kier molecular flexibility index (Phi) is 3.52. The summed E-state index contributed by atoms with van der Waals surface area (Å²) in [6.07, 6.45) is 0. The van der Waals surface area contributed by atoms with Gasteiger partial charge in [-0.15, -0.1) is 0 Å². The maximum atomic E-state index is 10.5. The monoisotopic (exact) mass is 257 g/mol. The Hall–Kier alpha value is -1.03. The first kappa shape index (κ1) is 11.0. The lowest BCUT2D eigenvalue weighted by Crippen LogP contribution is -2.25. The molecule has 1 aromatic carbocycles. The van der Waals surface area contributed by atoms with Crippen LogP contribution >= 0.6 is 15.9 Å². The van der Waals surface area contributed by atoms with Gasteiger partial charge in [-0.3, -0.25) is 4.79 Å². The van der Waals surface area contributed by atoms with E-state index in [4.69, 9.17) is 5.11 Å². The SMILES string of the molecule is Cc1cc(N(C)CC(=O)O)ccc1Br. The van der Waals surface area contributed by atoms with Crippen LogP contribution in [0.2, 0.25) is 0 Å². The van der Waals surface area contributed by atoms with Crippen molar-refractivity contribution in [1.29, 1.82) is 0 Å². The molecule has 0 amide bonds. The summed E-state index contributed by atoms with van der Waals surface area (Å²) < 4.78 is 1.03. The largest absolute Gasteiger partial charge is 0.480 e. The second kappa shape index (κ2) is 4.46. The fourth-order valence-electron chi connectivity index (χ4n) is 1.16. The number of anilines is 1.